The predicted molar refractivity (Wildman–Crippen MR) is 113 cm³/mol. The first-order valence-corrected chi connectivity index (χ1v) is 11.1. The predicted octanol–water partition coefficient (Wildman–Crippen LogP) is 1.21. The summed E-state index contributed by atoms with van der Waals surface area (Å²) in [6, 6.07) is 4.30. The second-order valence-corrected chi connectivity index (χ2v) is 9.29. The summed E-state index contributed by atoms with van der Waals surface area (Å²) < 4.78 is 9.31. The van der Waals surface area contributed by atoms with Gasteiger partial charge in [-0.1, -0.05) is 11.3 Å². The monoisotopic (exact) mass is 412 g/mol. The topological polar surface area (TPSA) is 68.4 Å². The highest BCUT2D eigenvalue weighted by molar-refractivity contribution is 5.22. The number of aryl methyl sites for hydroxylation is 1. The maximum absolute atomic E-state index is 13.3. The van der Waals surface area contributed by atoms with Crippen LogP contribution in [0.25, 0.3) is 0 Å². The van der Waals surface area contributed by atoms with Crippen molar-refractivity contribution in [1.29, 1.82) is 0 Å². The van der Waals surface area contributed by atoms with Gasteiger partial charge < -0.3 is 9.30 Å². The molecule has 0 aliphatic carbocycles. The number of fused-ring (bicyclic) bond motifs is 4. The summed E-state index contributed by atoms with van der Waals surface area (Å²) in [5.41, 5.74) is 3.38. The van der Waals surface area contributed by atoms with Gasteiger partial charge in [-0.25, -0.2) is 0 Å². The molecule has 3 aliphatic heterocycles. The molecule has 0 saturated carbocycles. The lowest BCUT2D eigenvalue weighted by Gasteiger charge is -2.42. The van der Waals surface area contributed by atoms with Gasteiger partial charge in [0.2, 0.25) is 0 Å². The molecular formula is C22H32N6O2. The zero-order chi connectivity index (χ0) is 20.7. The van der Waals surface area contributed by atoms with Crippen molar-refractivity contribution in [3.05, 3.63) is 45.6 Å². The van der Waals surface area contributed by atoms with Crippen LogP contribution in [-0.4, -0.2) is 68.8 Å². The number of pyridine rings is 1. The number of aromatic nitrogens is 4. The largest absolute Gasteiger partial charge is 0.381 e. The molecule has 2 bridgehead atoms. The number of ether oxygens (including phenoxy) is 1. The van der Waals surface area contributed by atoms with Crippen LogP contribution in [-0.2, 0) is 31.4 Å². The second kappa shape index (κ2) is 8.24. The highest BCUT2D eigenvalue weighted by atomic mass is 16.5. The Morgan fingerprint density at radius 1 is 1.10 bits per heavy atom. The Morgan fingerprint density at radius 2 is 1.93 bits per heavy atom. The molecule has 0 aromatic carbocycles. The lowest BCUT2D eigenvalue weighted by Crippen LogP contribution is -2.47. The number of methoxy groups -OCH3 is 1. The summed E-state index contributed by atoms with van der Waals surface area (Å²) in [5, 5.41) is 8.29. The van der Waals surface area contributed by atoms with Gasteiger partial charge in [0, 0.05) is 83.3 Å². The Morgan fingerprint density at radius 3 is 2.67 bits per heavy atom. The van der Waals surface area contributed by atoms with Crippen LogP contribution in [0.1, 0.15) is 42.1 Å². The third kappa shape index (κ3) is 3.96. The molecule has 5 heterocycles. The lowest BCUT2D eigenvalue weighted by molar-refractivity contribution is 0.0386. The summed E-state index contributed by atoms with van der Waals surface area (Å²) in [4.78, 5) is 18.2. The summed E-state index contributed by atoms with van der Waals surface area (Å²) in [7, 11) is 3.70. The van der Waals surface area contributed by atoms with Crippen molar-refractivity contribution < 1.29 is 4.74 Å². The molecule has 30 heavy (non-hydrogen) atoms. The Bertz CT molecular complexity index is 945. The molecule has 0 radical (unpaired) electrons. The minimum Gasteiger partial charge on any atom is -0.381 e. The Hall–Kier alpha value is -2.03. The number of hydrogen-bond donors (Lipinski definition) is 0. The van der Waals surface area contributed by atoms with E-state index in [9.17, 15) is 4.79 Å². The quantitative estimate of drug-likeness (QED) is 0.735. The molecule has 0 amide bonds. The van der Waals surface area contributed by atoms with Crippen LogP contribution >= 0.6 is 0 Å². The van der Waals surface area contributed by atoms with E-state index in [1.165, 1.54) is 12.1 Å². The van der Waals surface area contributed by atoms with Gasteiger partial charge in [0.15, 0.2) is 0 Å². The normalized spacial score (nSPS) is 25.4. The molecule has 8 nitrogen and oxygen atoms in total. The average Bonchev–Trinajstić information content (AvgIpc) is 3.15. The van der Waals surface area contributed by atoms with E-state index in [2.05, 4.69) is 36.8 Å². The maximum Gasteiger partial charge on any atom is 0.255 e. The van der Waals surface area contributed by atoms with E-state index < -0.39 is 0 Å². The van der Waals surface area contributed by atoms with Gasteiger partial charge in [-0.05, 0) is 31.2 Å². The van der Waals surface area contributed by atoms with Gasteiger partial charge in [-0.2, -0.15) is 0 Å². The third-order valence-electron chi connectivity index (χ3n) is 7.06. The van der Waals surface area contributed by atoms with Crippen LogP contribution in [0.5, 0.6) is 0 Å². The zero-order valence-electron chi connectivity index (χ0n) is 18.0. The van der Waals surface area contributed by atoms with Gasteiger partial charge in [0.1, 0.15) is 0 Å². The van der Waals surface area contributed by atoms with Gasteiger partial charge >= 0.3 is 0 Å². The number of likely N-dealkylation sites (tertiary alicyclic amines) is 2. The van der Waals surface area contributed by atoms with Gasteiger partial charge in [0.05, 0.1) is 11.8 Å². The first-order chi connectivity index (χ1) is 14.6. The van der Waals surface area contributed by atoms with Crippen LogP contribution in [0.4, 0.5) is 0 Å². The molecule has 162 valence electrons. The summed E-state index contributed by atoms with van der Waals surface area (Å²) in [6.07, 6.45) is 5.64. The van der Waals surface area contributed by atoms with Crippen molar-refractivity contribution in [1.82, 2.24) is 29.4 Å². The minimum atomic E-state index is 0.221. The molecule has 2 aromatic rings. The van der Waals surface area contributed by atoms with Crippen molar-refractivity contribution in [2.75, 3.05) is 33.3 Å². The fourth-order valence-corrected chi connectivity index (χ4v) is 5.58. The maximum atomic E-state index is 13.3. The van der Waals surface area contributed by atoms with E-state index in [-0.39, 0.29) is 5.56 Å². The second-order valence-electron chi connectivity index (χ2n) is 9.29. The van der Waals surface area contributed by atoms with Crippen LogP contribution in [0.2, 0.25) is 0 Å². The first-order valence-electron chi connectivity index (χ1n) is 11.1. The molecule has 2 saturated heterocycles. The van der Waals surface area contributed by atoms with Crippen molar-refractivity contribution in [3.63, 3.8) is 0 Å². The van der Waals surface area contributed by atoms with Crippen LogP contribution in [0.15, 0.2) is 23.1 Å². The smallest absolute Gasteiger partial charge is 0.255 e. The Kier molecular flexibility index (Phi) is 5.47. The highest BCUT2D eigenvalue weighted by Crippen LogP contribution is 2.35. The molecule has 3 aliphatic rings. The molecule has 2 fully saturated rings. The van der Waals surface area contributed by atoms with Crippen molar-refractivity contribution >= 4 is 0 Å². The molecule has 8 heteroatoms. The molecule has 2 atom stereocenters. The van der Waals surface area contributed by atoms with E-state index in [0.717, 1.165) is 69.9 Å². The van der Waals surface area contributed by atoms with E-state index in [4.69, 9.17) is 4.74 Å². The third-order valence-corrected chi connectivity index (χ3v) is 7.06. The first kappa shape index (κ1) is 19.9. The highest BCUT2D eigenvalue weighted by Gasteiger charge is 2.35. The standard InChI is InChI=1S/C22H32N6O2/c1-25-14-19(23-24-25)15-27-10-16-9-18(13-27)21-4-3-17(22(29)28(21)11-16)12-26-7-5-20(30-2)6-8-26/h3-4,14,16,18,20H,5-13,15H2,1-2H3/t16-,18+/m0/s1. The lowest BCUT2D eigenvalue weighted by atomic mass is 9.83. The van der Waals surface area contributed by atoms with E-state index >= 15 is 0 Å². The van der Waals surface area contributed by atoms with Crippen LogP contribution in [0, 0.1) is 5.92 Å². The van der Waals surface area contributed by atoms with Gasteiger partial charge in [-0.3, -0.25) is 19.3 Å². The molecule has 0 unspecified atom stereocenters. The van der Waals surface area contributed by atoms with Crippen LogP contribution < -0.4 is 5.56 Å². The van der Waals surface area contributed by atoms with E-state index in [0.29, 0.717) is 17.9 Å². The van der Waals surface area contributed by atoms with Gasteiger partial charge in [-0.15, -0.1) is 5.10 Å². The molecule has 5 rings (SSSR count). The molecule has 0 N–H and O–H groups in total. The van der Waals surface area contributed by atoms with Crippen LogP contribution in [0.3, 0.4) is 0 Å². The molecular weight excluding hydrogens is 380 g/mol. The number of nitrogens with zero attached hydrogens (tertiary/aromatic N) is 6. The van der Waals surface area contributed by atoms with Crippen molar-refractivity contribution in [2.24, 2.45) is 13.0 Å². The summed E-state index contributed by atoms with van der Waals surface area (Å²) >= 11 is 0. The SMILES string of the molecule is COC1CCN(Cc2ccc3n(c2=O)C[C@H]2C[C@@H]3CN(Cc3cn(C)nn3)C2)CC1. The Balaban J connectivity index is 1.29. The van der Waals surface area contributed by atoms with Crippen molar-refractivity contribution in [3.8, 4) is 0 Å². The molecule has 0 spiro atoms. The fraction of sp³-hybridized carbons (Fsp3) is 0.682. The number of piperidine rings is 2. The summed E-state index contributed by atoms with van der Waals surface area (Å²) in [5.74, 6) is 0.951. The number of hydrogen-bond acceptors (Lipinski definition) is 6. The van der Waals surface area contributed by atoms with E-state index in [1.54, 1.807) is 11.8 Å². The van der Waals surface area contributed by atoms with E-state index in [1.807, 2.05) is 13.2 Å². The van der Waals surface area contributed by atoms with Gasteiger partial charge in [0.25, 0.3) is 5.56 Å². The zero-order valence-corrected chi connectivity index (χ0v) is 18.0. The molecule has 2 aromatic heterocycles. The minimum absolute atomic E-state index is 0.221. The average molecular weight is 413 g/mol. The summed E-state index contributed by atoms with van der Waals surface area (Å²) in [6.45, 7) is 6.43. The van der Waals surface area contributed by atoms with Crippen molar-refractivity contribution in [2.45, 2.75) is 50.9 Å². The number of rotatable bonds is 5. The fourth-order valence-electron chi connectivity index (χ4n) is 5.58. The Labute approximate surface area is 177 Å².